The molecule has 2 aromatic carbocycles. The second-order valence-corrected chi connectivity index (χ2v) is 7.49. The molecule has 0 fully saturated rings. The number of rotatable bonds is 7. The number of hydrogen-bond acceptors (Lipinski definition) is 2. The number of carbonyl (C=O) groups excluding carboxylic acids is 1. The van der Waals surface area contributed by atoms with Gasteiger partial charge in [0.1, 0.15) is 5.75 Å². The molecule has 1 atom stereocenters. The third-order valence-electron chi connectivity index (χ3n) is 4.16. The van der Waals surface area contributed by atoms with Crippen molar-refractivity contribution in [2.24, 2.45) is 0 Å². The monoisotopic (exact) mass is 339 g/mol. The summed E-state index contributed by atoms with van der Waals surface area (Å²) in [5, 5.41) is 3.11. The summed E-state index contributed by atoms with van der Waals surface area (Å²) in [7, 11) is 0. The average Bonchev–Trinajstić information content (AvgIpc) is 2.55. The van der Waals surface area contributed by atoms with Crippen LogP contribution < -0.4 is 10.1 Å². The summed E-state index contributed by atoms with van der Waals surface area (Å²) in [6.45, 7) is 10.1. The van der Waals surface area contributed by atoms with Gasteiger partial charge < -0.3 is 10.1 Å². The molecule has 2 aromatic rings. The quantitative estimate of drug-likeness (QED) is 0.793. The Morgan fingerprint density at radius 2 is 1.60 bits per heavy atom. The van der Waals surface area contributed by atoms with Gasteiger partial charge in [0.15, 0.2) is 6.10 Å². The maximum atomic E-state index is 12.6. The van der Waals surface area contributed by atoms with Gasteiger partial charge in [-0.15, -0.1) is 0 Å². The Hall–Kier alpha value is -2.29. The number of para-hydroxylation sites is 1. The Kier molecular flexibility index (Phi) is 6.24. The first-order valence-electron chi connectivity index (χ1n) is 8.90. The first kappa shape index (κ1) is 19.0. The average molecular weight is 339 g/mol. The lowest BCUT2D eigenvalue weighted by molar-refractivity contribution is -0.128. The van der Waals surface area contributed by atoms with Gasteiger partial charge in [0.25, 0.3) is 5.91 Å². The van der Waals surface area contributed by atoms with Crippen LogP contribution in [0.3, 0.4) is 0 Å². The molecule has 25 heavy (non-hydrogen) atoms. The highest BCUT2D eigenvalue weighted by molar-refractivity contribution is 5.81. The van der Waals surface area contributed by atoms with Crippen molar-refractivity contribution >= 4 is 5.91 Å². The lowest BCUT2D eigenvalue weighted by atomic mass is 9.94. The molecular formula is C22H29NO2. The van der Waals surface area contributed by atoms with Crippen LogP contribution in [0.25, 0.3) is 0 Å². The Labute approximate surface area is 151 Å². The van der Waals surface area contributed by atoms with Crippen LogP contribution in [-0.2, 0) is 11.2 Å². The van der Waals surface area contributed by atoms with Crippen molar-refractivity contribution in [2.45, 2.75) is 58.6 Å². The molecule has 1 amide bonds. The highest BCUT2D eigenvalue weighted by Crippen LogP contribution is 2.26. The highest BCUT2D eigenvalue weighted by Gasteiger charge is 2.25. The van der Waals surface area contributed by atoms with E-state index in [1.54, 1.807) is 6.92 Å². The normalized spacial score (nSPS) is 12.7. The van der Waals surface area contributed by atoms with Gasteiger partial charge in [0.05, 0.1) is 0 Å². The van der Waals surface area contributed by atoms with Crippen LogP contribution in [0.4, 0.5) is 0 Å². The van der Waals surface area contributed by atoms with E-state index >= 15 is 0 Å². The van der Waals surface area contributed by atoms with Gasteiger partial charge in [-0.3, -0.25) is 4.79 Å². The summed E-state index contributed by atoms with van der Waals surface area (Å²) >= 11 is 0. The van der Waals surface area contributed by atoms with E-state index in [0.717, 1.165) is 17.7 Å². The summed E-state index contributed by atoms with van der Waals surface area (Å²) in [6.07, 6.45) is 0.226. The summed E-state index contributed by atoms with van der Waals surface area (Å²) in [5.41, 5.74) is 1.98. The van der Waals surface area contributed by atoms with Crippen LogP contribution in [0.2, 0.25) is 0 Å². The predicted molar refractivity (Wildman–Crippen MR) is 103 cm³/mol. The largest absolute Gasteiger partial charge is 0.481 e. The Morgan fingerprint density at radius 3 is 2.24 bits per heavy atom. The molecule has 0 bridgehead atoms. The number of carbonyl (C=O) groups is 1. The van der Waals surface area contributed by atoms with Gasteiger partial charge in [0.2, 0.25) is 0 Å². The molecular weight excluding hydrogens is 310 g/mol. The van der Waals surface area contributed by atoms with Gasteiger partial charge in [-0.1, -0.05) is 62.4 Å². The van der Waals surface area contributed by atoms with E-state index in [9.17, 15) is 4.79 Å². The van der Waals surface area contributed by atoms with Gasteiger partial charge in [-0.05, 0) is 50.3 Å². The summed E-state index contributed by atoms with van der Waals surface area (Å²) in [5.74, 6) is 1.03. The third-order valence-corrected chi connectivity index (χ3v) is 4.16. The topological polar surface area (TPSA) is 38.3 Å². The van der Waals surface area contributed by atoms with Crippen molar-refractivity contribution in [1.82, 2.24) is 5.32 Å². The molecule has 0 saturated carbocycles. The number of nitrogens with one attached hydrogen (secondary N) is 1. The Balaban J connectivity index is 2.00. The molecule has 0 aromatic heterocycles. The molecule has 3 heteroatoms. The minimum atomic E-state index is -0.546. The molecule has 134 valence electrons. The molecule has 0 aliphatic heterocycles. The molecule has 0 aliphatic carbocycles. The molecule has 0 saturated heterocycles. The van der Waals surface area contributed by atoms with E-state index in [2.05, 4.69) is 31.3 Å². The predicted octanol–water partition coefficient (Wildman–Crippen LogP) is 4.71. The molecule has 0 heterocycles. The SMILES string of the molecule is CC(C)c1ccccc1O[C@H](C)C(=O)NC(C)(C)Cc1ccccc1. The van der Waals surface area contributed by atoms with Crippen LogP contribution >= 0.6 is 0 Å². The molecule has 0 radical (unpaired) electrons. The first-order chi connectivity index (χ1) is 11.8. The fraction of sp³-hybridized carbons (Fsp3) is 0.409. The standard InChI is InChI=1S/C22H29NO2/c1-16(2)19-13-9-10-14-20(19)25-17(3)21(24)23-22(4,5)15-18-11-7-6-8-12-18/h6-14,16-17H,15H2,1-5H3,(H,23,24)/t17-/m1/s1. The summed E-state index contributed by atoms with van der Waals surface area (Å²) < 4.78 is 5.95. The van der Waals surface area contributed by atoms with E-state index in [1.807, 2.05) is 56.3 Å². The lowest BCUT2D eigenvalue weighted by Gasteiger charge is -2.28. The van der Waals surface area contributed by atoms with Crippen molar-refractivity contribution in [3.63, 3.8) is 0 Å². The van der Waals surface area contributed by atoms with Gasteiger partial charge in [0, 0.05) is 5.54 Å². The second-order valence-electron chi connectivity index (χ2n) is 7.49. The van der Waals surface area contributed by atoms with Gasteiger partial charge >= 0.3 is 0 Å². The molecule has 1 N–H and O–H groups in total. The zero-order valence-electron chi connectivity index (χ0n) is 15.9. The van der Waals surface area contributed by atoms with Crippen molar-refractivity contribution < 1.29 is 9.53 Å². The zero-order chi connectivity index (χ0) is 18.4. The van der Waals surface area contributed by atoms with E-state index in [0.29, 0.717) is 5.92 Å². The van der Waals surface area contributed by atoms with E-state index in [1.165, 1.54) is 5.56 Å². The Morgan fingerprint density at radius 1 is 1.00 bits per heavy atom. The van der Waals surface area contributed by atoms with E-state index < -0.39 is 6.10 Å². The number of ether oxygens (including phenoxy) is 1. The third kappa shape index (κ3) is 5.63. The van der Waals surface area contributed by atoms with Crippen LogP contribution in [0.1, 0.15) is 51.7 Å². The van der Waals surface area contributed by atoms with Gasteiger partial charge in [-0.2, -0.15) is 0 Å². The minimum Gasteiger partial charge on any atom is -0.481 e. The van der Waals surface area contributed by atoms with Crippen molar-refractivity contribution in [3.8, 4) is 5.75 Å². The molecule has 0 unspecified atom stereocenters. The van der Waals surface area contributed by atoms with Crippen molar-refractivity contribution in [1.29, 1.82) is 0 Å². The molecule has 0 spiro atoms. The molecule has 2 rings (SSSR count). The van der Waals surface area contributed by atoms with E-state index in [4.69, 9.17) is 4.74 Å². The van der Waals surface area contributed by atoms with Crippen LogP contribution in [-0.4, -0.2) is 17.6 Å². The highest BCUT2D eigenvalue weighted by atomic mass is 16.5. The van der Waals surface area contributed by atoms with Gasteiger partial charge in [-0.25, -0.2) is 0 Å². The smallest absolute Gasteiger partial charge is 0.261 e. The van der Waals surface area contributed by atoms with Crippen LogP contribution in [0.15, 0.2) is 54.6 Å². The maximum absolute atomic E-state index is 12.6. The molecule has 0 aliphatic rings. The number of hydrogen-bond donors (Lipinski definition) is 1. The second kappa shape index (κ2) is 8.19. The number of amides is 1. The van der Waals surface area contributed by atoms with E-state index in [-0.39, 0.29) is 11.4 Å². The van der Waals surface area contributed by atoms with Crippen molar-refractivity contribution in [2.75, 3.05) is 0 Å². The Bertz CT molecular complexity index is 692. The summed E-state index contributed by atoms with van der Waals surface area (Å²) in [6, 6.07) is 18.1. The van der Waals surface area contributed by atoms with Crippen LogP contribution in [0, 0.1) is 0 Å². The molecule has 3 nitrogen and oxygen atoms in total. The van der Waals surface area contributed by atoms with Crippen LogP contribution in [0.5, 0.6) is 5.75 Å². The maximum Gasteiger partial charge on any atom is 0.261 e. The number of benzene rings is 2. The first-order valence-corrected chi connectivity index (χ1v) is 8.90. The fourth-order valence-electron chi connectivity index (χ4n) is 2.89. The minimum absolute atomic E-state index is 0.0977. The van der Waals surface area contributed by atoms with Crippen molar-refractivity contribution in [3.05, 3.63) is 65.7 Å². The summed E-state index contributed by atoms with van der Waals surface area (Å²) in [4.78, 5) is 12.6. The fourth-order valence-corrected chi connectivity index (χ4v) is 2.89. The zero-order valence-corrected chi connectivity index (χ0v) is 15.9. The lowest BCUT2D eigenvalue weighted by Crippen LogP contribution is -2.49.